The second-order valence-corrected chi connectivity index (χ2v) is 6.31. The SMILES string of the molecule is CN=S(C)(=O)Oc1c2c(cc3ncccc13)C=NC2. The Morgan fingerprint density at radius 1 is 1.47 bits per heavy atom. The first-order valence-electron chi connectivity index (χ1n) is 5.81. The molecule has 0 N–H and O–H groups in total. The van der Waals surface area contributed by atoms with Crippen molar-refractivity contribution in [2.24, 2.45) is 9.36 Å². The largest absolute Gasteiger partial charge is 0.395 e. The third-order valence-electron chi connectivity index (χ3n) is 3.05. The molecule has 5 nitrogen and oxygen atoms in total. The lowest BCUT2D eigenvalue weighted by molar-refractivity contribution is 0.555. The first-order valence-corrected chi connectivity index (χ1v) is 7.65. The van der Waals surface area contributed by atoms with Gasteiger partial charge in [0.15, 0.2) is 5.75 Å². The molecule has 1 aromatic carbocycles. The summed E-state index contributed by atoms with van der Waals surface area (Å²) < 4.78 is 21.6. The minimum absolute atomic E-state index is 0.536. The molecular weight excluding hydrogens is 262 g/mol. The van der Waals surface area contributed by atoms with Crippen LogP contribution in [-0.2, 0) is 16.6 Å². The average molecular weight is 275 g/mol. The highest BCUT2D eigenvalue weighted by Crippen LogP contribution is 2.35. The minimum atomic E-state index is -2.69. The van der Waals surface area contributed by atoms with Crippen molar-refractivity contribution in [3.63, 3.8) is 0 Å². The molecule has 0 saturated carbocycles. The van der Waals surface area contributed by atoms with Crippen LogP contribution < -0.4 is 4.18 Å². The van der Waals surface area contributed by atoms with Crippen molar-refractivity contribution < 1.29 is 8.39 Å². The molecule has 1 aromatic heterocycles. The maximum Gasteiger partial charge on any atom is 0.202 e. The molecule has 98 valence electrons. The van der Waals surface area contributed by atoms with Crippen LogP contribution in [0.5, 0.6) is 5.75 Å². The molecule has 1 atom stereocenters. The quantitative estimate of drug-likeness (QED) is 0.844. The standard InChI is InChI=1S/C13H13N3O2S/c1-14-19(2,17)18-13-10-4-3-5-16-12(10)6-9-7-15-8-11(9)13/h3-7H,8H2,1-2H3. The number of pyridine rings is 1. The summed E-state index contributed by atoms with van der Waals surface area (Å²) in [6.07, 6.45) is 4.99. The molecule has 0 fully saturated rings. The van der Waals surface area contributed by atoms with E-state index in [2.05, 4.69) is 14.3 Å². The zero-order valence-corrected chi connectivity index (χ0v) is 11.5. The number of nitrogens with zero attached hydrogens (tertiary/aromatic N) is 3. The number of aromatic nitrogens is 1. The van der Waals surface area contributed by atoms with Gasteiger partial charge in [-0.15, -0.1) is 0 Å². The first-order chi connectivity index (χ1) is 9.11. The molecule has 0 radical (unpaired) electrons. The Bertz CT molecular complexity index is 805. The average Bonchev–Trinajstić information content (AvgIpc) is 2.86. The lowest BCUT2D eigenvalue weighted by Gasteiger charge is -2.13. The molecule has 3 rings (SSSR count). The summed E-state index contributed by atoms with van der Waals surface area (Å²) in [4.78, 5) is 8.54. The fourth-order valence-corrected chi connectivity index (χ4v) is 2.63. The van der Waals surface area contributed by atoms with E-state index in [4.69, 9.17) is 4.18 Å². The topological polar surface area (TPSA) is 63.9 Å². The van der Waals surface area contributed by atoms with E-state index in [1.807, 2.05) is 18.2 Å². The van der Waals surface area contributed by atoms with E-state index in [1.54, 1.807) is 12.4 Å². The minimum Gasteiger partial charge on any atom is -0.395 e. The van der Waals surface area contributed by atoms with Crippen molar-refractivity contribution in [1.29, 1.82) is 0 Å². The third-order valence-corrected chi connectivity index (χ3v) is 4.19. The summed E-state index contributed by atoms with van der Waals surface area (Å²) in [6.45, 7) is 0.536. The Labute approximate surface area is 111 Å². The van der Waals surface area contributed by atoms with E-state index in [1.165, 1.54) is 13.3 Å². The van der Waals surface area contributed by atoms with E-state index in [-0.39, 0.29) is 0 Å². The molecular formula is C13H13N3O2S. The lowest BCUT2D eigenvalue weighted by Crippen LogP contribution is -2.08. The Hall–Kier alpha value is -1.95. The van der Waals surface area contributed by atoms with Crippen LogP contribution in [0.1, 0.15) is 11.1 Å². The van der Waals surface area contributed by atoms with Crippen LogP contribution in [-0.4, -0.2) is 28.7 Å². The van der Waals surface area contributed by atoms with Gasteiger partial charge in [-0.25, -0.2) is 8.57 Å². The summed E-state index contributed by atoms with van der Waals surface area (Å²) >= 11 is 0. The van der Waals surface area contributed by atoms with Crippen molar-refractivity contribution in [2.75, 3.05) is 13.3 Å². The van der Waals surface area contributed by atoms with Gasteiger partial charge in [0.2, 0.25) is 10.0 Å². The molecule has 1 aliphatic rings. The predicted molar refractivity (Wildman–Crippen MR) is 76.1 cm³/mol. The zero-order valence-electron chi connectivity index (χ0n) is 10.7. The van der Waals surface area contributed by atoms with Crippen LogP contribution in [0.25, 0.3) is 10.9 Å². The number of benzene rings is 1. The number of hydrogen-bond acceptors (Lipinski definition) is 5. The van der Waals surface area contributed by atoms with Gasteiger partial charge in [0.1, 0.15) is 0 Å². The highest BCUT2D eigenvalue weighted by Gasteiger charge is 2.19. The Morgan fingerprint density at radius 3 is 3.11 bits per heavy atom. The van der Waals surface area contributed by atoms with E-state index in [0.29, 0.717) is 12.3 Å². The molecule has 1 aliphatic heterocycles. The first kappa shape index (κ1) is 12.1. The van der Waals surface area contributed by atoms with Gasteiger partial charge in [0, 0.05) is 36.0 Å². The van der Waals surface area contributed by atoms with Crippen molar-refractivity contribution in [3.8, 4) is 5.75 Å². The number of rotatable bonds is 2. The summed E-state index contributed by atoms with van der Waals surface area (Å²) in [5.74, 6) is 0.580. The molecule has 0 aliphatic carbocycles. The molecule has 2 aromatic rings. The maximum absolute atomic E-state index is 12.1. The fraction of sp³-hybridized carbons (Fsp3) is 0.231. The monoisotopic (exact) mass is 275 g/mol. The van der Waals surface area contributed by atoms with Gasteiger partial charge < -0.3 is 4.18 Å². The third kappa shape index (κ3) is 2.08. The van der Waals surface area contributed by atoms with E-state index >= 15 is 0 Å². The lowest BCUT2D eigenvalue weighted by atomic mass is 10.0. The van der Waals surface area contributed by atoms with E-state index < -0.39 is 10.0 Å². The zero-order chi connectivity index (χ0) is 13.5. The van der Waals surface area contributed by atoms with Gasteiger partial charge in [-0.1, -0.05) is 0 Å². The van der Waals surface area contributed by atoms with Crippen molar-refractivity contribution in [3.05, 3.63) is 35.5 Å². The molecule has 0 spiro atoms. The van der Waals surface area contributed by atoms with Gasteiger partial charge in [0.05, 0.1) is 18.3 Å². The van der Waals surface area contributed by atoms with Crippen molar-refractivity contribution >= 4 is 27.1 Å². The summed E-state index contributed by atoms with van der Waals surface area (Å²) in [5.41, 5.74) is 2.71. The van der Waals surface area contributed by atoms with Crippen LogP contribution in [0.15, 0.2) is 33.8 Å². The van der Waals surface area contributed by atoms with Crippen LogP contribution in [0, 0.1) is 0 Å². The number of fused-ring (bicyclic) bond motifs is 2. The van der Waals surface area contributed by atoms with Crippen molar-refractivity contribution in [1.82, 2.24) is 4.98 Å². The number of hydrogen-bond donors (Lipinski definition) is 0. The Kier molecular flexibility index (Phi) is 2.74. The number of aliphatic imine (C=N–C) groups is 1. The summed E-state index contributed by atoms with van der Waals surface area (Å²) in [5, 5.41) is 0.838. The Morgan fingerprint density at radius 2 is 2.32 bits per heavy atom. The van der Waals surface area contributed by atoms with Gasteiger partial charge in [0.25, 0.3) is 0 Å². The van der Waals surface area contributed by atoms with Crippen LogP contribution in [0.3, 0.4) is 0 Å². The molecule has 0 amide bonds. The van der Waals surface area contributed by atoms with Gasteiger partial charge in [-0.05, 0) is 18.2 Å². The Balaban J connectivity index is 2.31. The molecule has 1 unspecified atom stereocenters. The van der Waals surface area contributed by atoms with Gasteiger partial charge in [-0.3, -0.25) is 9.98 Å². The van der Waals surface area contributed by atoms with E-state index in [9.17, 15) is 4.21 Å². The van der Waals surface area contributed by atoms with Crippen molar-refractivity contribution in [2.45, 2.75) is 6.54 Å². The molecule has 0 saturated heterocycles. The van der Waals surface area contributed by atoms with Gasteiger partial charge >= 0.3 is 0 Å². The highest BCUT2D eigenvalue weighted by molar-refractivity contribution is 7.88. The molecule has 0 bridgehead atoms. The maximum atomic E-state index is 12.1. The predicted octanol–water partition coefficient (Wildman–Crippen LogP) is 2.19. The molecule has 19 heavy (non-hydrogen) atoms. The second kappa shape index (κ2) is 4.31. The smallest absolute Gasteiger partial charge is 0.202 e. The van der Waals surface area contributed by atoms with Crippen LogP contribution in [0.4, 0.5) is 0 Å². The fourth-order valence-electron chi connectivity index (χ4n) is 2.05. The van der Waals surface area contributed by atoms with Crippen LogP contribution >= 0.6 is 0 Å². The van der Waals surface area contributed by atoms with E-state index in [0.717, 1.165) is 22.0 Å². The summed E-state index contributed by atoms with van der Waals surface area (Å²) in [6, 6.07) is 5.70. The van der Waals surface area contributed by atoms with Gasteiger partial charge in [-0.2, -0.15) is 0 Å². The van der Waals surface area contributed by atoms with Crippen LogP contribution in [0.2, 0.25) is 0 Å². The second-order valence-electron chi connectivity index (χ2n) is 4.31. The normalized spacial score (nSPS) is 16.1. The molecule has 6 heteroatoms. The summed E-state index contributed by atoms with van der Waals surface area (Å²) in [7, 11) is -1.21. The molecule has 2 heterocycles. The highest BCUT2D eigenvalue weighted by atomic mass is 32.2.